The van der Waals surface area contributed by atoms with Gasteiger partial charge in [-0.2, -0.15) is 0 Å². The highest BCUT2D eigenvalue weighted by Crippen LogP contribution is 2.29. The first-order valence-electron chi connectivity index (χ1n) is 6.78. The van der Waals surface area contributed by atoms with Crippen molar-refractivity contribution < 1.29 is 18.7 Å². The van der Waals surface area contributed by atoms with Crippen molar-refractivity contribution in [2.75, 3.05) is 13.7 Å². The minimum Gasteiger partial charge on any atom is -0.488 e. The van der Waals surface area contributed by atoms with Crippen molar-refractivity contribution >= 4 is 16.7 Å². The van der Waals surface area contributed by atoms with Crippen LogP contribution in [0.3, 0.4) is 0 Å². The summed E-state index contributed by atoms with van der Waals surface area (Å²) < 4.78 is 24.4. The average molecular weight is 291 g/mol. The van der Waals surface area contributed by atoms with E-state index in [0.29, 0.717) is 29.5 Å². The number of carbonyl (C=O) groups excluding carboxylic acids is 1. The molecule has 2 aromatic rings. The molecule has 4 nitrogen and oxygen atoms in total. The highest BCUT2D eigenvalue weighted by atomic mass is 19.1. The molecule has 112 valence electrons. The van der Waals surface area contributed by atoms with Gasteiger partial charge in [0.15, 0.2) is 0 Å². The minimum absolute atomic E-state index is 0.196. The lowest BCUT2D eigenvalue weighted by Crippen LogP contribution is -2.26. The standard InChI is InChI=1S/C16H18FNO3/c1-3-11(9-18)21-15-7-10-5-4-6-14(17)12(10)8-13(15)16(19)20-2/h4-8,11H,3,9,18H2,1-2H3. The number of esters is 1. The van der Waals surface area contributed by atoms with Gasteiger partial charge in [0.25, 0.3) is 0 Å². The molecule has 5 heteroatoms. The van der Waals surface area contributed by atoms with E-state index >= 15 is 0 Å². The van der Waals surface area contributed by atoms with Crippen LogP contribution in [0.2, 0.25) is 0 Å². The molecule has 1 unspecified atom stereocenters. The Bertz CT molecular complexity index is 653. The van der Waals surface area contributed by atoms with E-state index in [0.717, 1.165) is 0 Å². The van der Waals surface area contributed by atoms with E-state index in [1.165, 1.54) is 19.2 Å². The number of fused-ring (bicyclic) bond motifs is 1. The monoisotopic (exact) mass is 291 g/mol. The number of halogens is 1. The fourth-order valence-electron chi connectivity index (χ4n) is 2.11. The molecule has 21 heavy (non-hydrogen) atoms. The normalized spacial score (nSPS) is 12.2. The number of hydrogen-bond acceptors (Lipinski definition) is 4. The van der Waals surface area contributed by atoms with Gasteiger partial charge in [-0.3, -0.25) is 0 Å². The topological polar surface area (TPSA) is 61.5 Å². The summed E-state index contributed by atoms with van der Waals surface area (Å²) in [4.78, 5) is 11.9. The largest absolute Gasteiger partial charge is 0.488 e. The first-order chi connectivity index (χ1) is 10.1. The molecule has 1 atom stereocenters. The molecule has 0 spiro atoms. The number of methoxy groups -OCH3 is 1. The number of hydrogen-bond donors (Lipinski definition) is 1. The Morgan fingerprint density at radius 3 is 2.76 bits per heavy atom. The van der Waals surface area contributed by atoms with E-state index in [1.807, 2.05) is 6.92 Å². The number of benzene rings is 2. The third-order valence-corrected chi connectivity index (χ3v) is 3.34. The van der Waals surface area contributed by atoms with Gasteiger partial charge in [-0.25, -0.2) is 9.18 Å². The molecule has 0 fully saturated rings. The Morgan fingerprint density at radius 2 is 2.14 bits per heavy atom. The van der Waals surface area contributed by atoms with Crippen molar-refractivity contribution in [2.45, 2.75) is 19.4 Å². The van der Waals surface area contributed by atoms with Crippen LogP contribution in [0.5, 0.6) is 5.75 Å². The van der Waals surface area contributed by atoms with Crippen molar-refractivity contribution in [1.82, 2.24) is 0 Å². The average Bonchev–Trinajstić information content (AvgIpc) is 2.51. The molecule has 0 saturated heterocycles. The Morgan fingerprint density at radius 1 is 1.38 bits per heavy atom. The lowest BCUT2D eigenvalue weighted by Gasteiger charge is -2.18. The van der Waals surface area contributed by atoms with Crippen LogP contribution in [0.25, 0.3) is 10.8 Å². The van der Waals surface area contributed by atoms with Crippen molar-refractivity contribution in [3.8, 4) is 5.75 Å². The third-order valence-electron chi connectivity index (χ3n) is 3.34. The molecule has 0 aliphatic heterocycles. The first kappa shape index (κ1) is 15.3. The summed E-state index contributed by atoms with van der Waals surface area (Å²) in [5.41, 5.74) is 5.82. The second-order valence-electron chi connectivity index (χ2n) is 4.68. The van der Waals surface area contributed by atoms with E-state index in [-0.39, 0.29) is 11.7 Å². The number of rotatable bonds is 5. The lowest BCUT2D eigenvalue weighted by molar-refractivity contribution is 0.0593. The van der Waals surface area contributed by atoms with E-state index in [1.54, 1.807) is 18.2 Å². The van der Waals surface area contributed by atoms with Crippen molar-refractivity contribution in [3.63, 3.8) is 0 Å². The summed E-state index contributed by atoms with van der Waals surface area (Å²) in [5.74, 6) is -0.602. The summed E-state index contributed by atoms with van der Waals surface area (Å²) in [6.07, 6.45) is 0.498. The summed E-state index contributed by atoms with van der Waals surface area (Å²) in [7, 11) is 1.28. The Labute approximate surface area is 122 Å². The smallest absolute Gasteiger partial charge is 0.341 e. The van der Waals surface area contributed by atoms with E-state index in [2.05, 4.69) is 0 Å². The molecule has 0 aliphatic carbocycles. The second-order valence-corrected chi connectivity index (χ2v) is 4.68. The van der Waals surface area contributed by atoms with Crippen LogP contribution < -0.4 is 10.5 Å². The number of carbonyl (C=O) groups is 1. The van der Waals surface area contributed by atoms with Crippen LogP contribution in [0.4, 0.5) is 4.39 Å². The van der Waals surface area contributed by atoms with Gasteiger partial charge in [-0.15, -0.1) is 0 Å². The van der Waals surface area contributed by atoms with E-state index in [9.17, 15) is 9.18 Å². The van der Waals surface area contributed by atoms with Crippen molar-refractivity contribution in [2.24, 2.45) is 5.73 Å². The van der Waals surface area contributed by atoms with Crippen LogP contribution in [0.15, 0.2) is 30.3 Å². The molecule has 0 amide bonds. The molecule has 0 heterocycles. The van der Waals surface area contributed by atoms with E-state index in [4.69, 9.17) is 15.2 Å². The molecule has 2 aromatic carbocycles. The quantitative estimate of drug-likeness (QED) is 0.860. The summed E-state index contributed by atoms with van der Waals surface area (Å²) >= 11 is 0. The predicted molar refractivity (Wildman–Crippen MR) is 79.0 cm³/mol. The van der Waals surface area contributed by atoms with Crippen molar-refractivity contribution in [1.29, 1.82) is 0 Å². The predicted octanol–water partition coefficient (Wildman–Crippen LogP) is 2.88. The lowest BCUT2D eigenvalue weighted by atomic mass is 10.1. The van der Waals surface area contributed by atoms with E-state index < -0.39 is 11.8 Å². The highest BCUT2D eigenvalue weighted by Gasteiger charge is 2.18. The summed E-state index contributed by atoms with van der Waals surface area (Å²) in [6, 6.07) is 7.81. The molecule has 0 aliphatic rings. The second kappa shape index (κ2) is 6.54. The fourth-order valence-corrected chi connectivity index (χ4v) is 2.11. The van der Waals surface area contributed by atoms with Gasteiger partial charge in [0.05, 0.1) is 7.11 Å². The molecular formula is C16H18FNO3. The van der Waals surface area contributed by atoms with Gasteiger partial charge in [-0.05, 0) is 30.0 Å². The van der Waals surface area contributed by atoms with Crippen LogP contribution in [0, 0.1) is 5.82 Å². The zero-order valence-electron chi connectivity index (χ0n) is 12.1. The van der Waals surface area contributed by atoms with Gasteiger partial charge in [0, 0.05) is 11.9 Å². The molecular weight excluding hydrogens is 273 g/mol. The Kier molecular flexibility index (Phi) is 4.75. The van der Waals surface area contributed by atoms with Crippen LogP contribution >= 0.6 is 0 Å². The zero-order chi connectivity index (χ0) is 15.4. The number of nitrogens with two attached hydrogens (primary N) is 1. The van der Waals surface area contributed by atoms with Gasteiger partial charge in [0.2, 0.25) is 0 Å². The first-order valence-corrected chi connectivity index (χ1v) is 6.78. The molecule has 0 bridgehead atoms. The fraction of sp³-hybridized carbons (Fsp3) is 0.312. The van der Waals surface area contributed by atoms with Gasteiger partial charge in [0.1, 0.15) is 23.2 Å². The molecule has 0 saturated carbocycles. The number of ether oxygens (including phenoxy) is 2. The Hall–Kier alpha value is -2.14. The van der Waals surface area contributed by atoms with Gasteiger partial charge in [-0.1, -0.05) is 19.1 Å². The van der Waals surface area contributed by atoms with Gasteiger partial charge < -0.3 is 15.2 Å². The molecule has 2 rings (SSSR count). The molecule has 0 radical (unpaired) electrons. The van der Waals surface area contributed by atoms with Gasteiger partial charge >= 0.3 is 5.97 Å². The minimum atomic E-state index is -0.568. The maximum atomic E-state index is 13.8. The summed E-state index contributed by atoms with van der Waals surface area (Å²) in [6.45, 7) is 2.27. The van der Waals surface area contributed by atoms with Crippen molar-refractivity contribution in [3.05, 3.63) is 41.7 Å². The van der Waals surface area contributed by atoms with Crippen LogP contribution in [-0.4, -0.2) is 25.7 Å². The Balaban J connectivity index is 2.58. The molecule has 0 aromatic heterocycles. The third kappa shape index (κ3) is 3.13. The molecule has 2 N–H and O–H groups in total. The SMILES string of the molecule is CCC(CN)Oc1cc2cccc(F)c2cc1C(=O)OC. The zero-order valence-corrected chi connectivity index (χ0v) is 12.1. The maximum absolute atomic E-state index is 13.8. The maximum Gasteiger partial charge on any atom is 0.341 e. The summed E-state index contributed by atoms with van der Waals surface area (Å²) in [5, 5.41) is 1.01. The highest BCUT2D eigenvalue weighted by molar-refractivity contribution is 5.98. The van der Waals surface area contributed by atoms with Crippen LogP contribution in [0.1, 0.15) is 23.7 Å². The van der Waals surface area contributed by atoms with Crippen LogP contribution in [-0.2, 0) is 4.74 Å².